The lowest BCUT2D eigenvalue weighted by atomic mass is 10.2. The Morgan fingerprint density at radius 1 is 1.00 bits per heavy atom. The first-order valence-corrected chi connectivity index (χ1v) is 5.84. The molecule has 0 spiro atoms. The van der Waals surface area contributed by atoms with Gasteiger partial charge in [-0.05, 0) is 12.1 Å². The van der Waals surface area contributed by atoms with Crippen LogP contribution in [0.3, 0.4) is 0 Å². The third kappa shape index (κ3) is 1.98. The molecule has 2 N–H and O–H groups in total. The van der Waals surface area contributed by atoms with Crippen LogP contribution in [-0.2, 0) is 0 Å². The van der Waals surface area contributed by atoms with Crippen molar-refractivity contribution in [3.8, 4) is 11.5 Å². The molecular formula is C13H6ClF3N2O. The number of aromatic nitrogens is 1. The number of oxazole rings is 1. The molecule has 3 nitrogen and oxygen atoms in total. The zero-order valence-electron chi connectivity index (χ0n) is 9.75. The summed E-state index contributed by atoms with van der Waals surface area (Å²) >= 11 is 5.62. The predicted octanol–water partition coefficient (Wildman–Crippen LogP) is 4.15. The Balaban J connectivity index is 2.22. The molecule has 0 unspecified atom stereocenters. The van der Waals surface area contributed by atoms with Crippen LogP contribution in [-0.4, -0.2) is 4.98 Å². The number of anilines is 1. The van der Waals surface area contributed by atoms with E-state index >= 15 is 0 Å². The normalized spacial score (nSPS) is 11.2. The lowest BCUT2D eigenvalue weighted by Crippen LogP contribution is -1.94. The standard InChI is InChI=1S/C13H6ClF3N2O/c14-6-2-11-12(4-8(6)16)20-13(19-11)5-1-10(18)9(17)3-7(5)15/h1-4H,18H2. The van der Waals surface area contributed by atoms with Gasteiger partial charge < -0.3 is 10.2 Å². The molecule has 1 aromatic heterocycles. The highest BCUT2D eigenvalue weighted by Crippen LogP contribution is 2.31. The van der Waals surface area contributed by atoms with E-state index in [-0.39, 0.29) is 33.3 Å². The summed E-state index contributed by atoms with van der Waals surface area (Å²) in [4.78, 5) is 3.98. The van der Waals surface area contributed by atoms with Crippen molar-refractivity contribution in [2.75, 3.05) is 5.73 Å². The first-order valence-electron chi connectivity index (χ1n) is 5.46. The molecule has 0 aliphatic carbocycles. The Morgan fingerprint density at radius 2 is 1.75 bits per heavy atom. The van der Waals surface area contributed by atoms with Crippen molar-refractivity contribution in [3.05, 3.63) is 46.7 Å². The maximum Gasteiger partial charge on any atom is 0.230 e. The number of fused-ring (bicyclic) bond motifs is 1. The van der Waals surface area contributed by atoms with Crippen LogP contribution in [0.5, 0.6) is 0 Å². The molecular weight excluding hydrogens is 293 g/mol. The van der Waals surface area contributed by atoms with E-state index in [4.69, 9.17) is 21.8 Å². The minimum atomic E-state index is -0.880. The van der Waals surface area contributed by atoms with Gasteiger partial charge in [0.05, 0.1) is 16.3 Å². The van der Waals surface area contributed by atoms with Gasteiger partial charge in [0.15, 0.2) is 5.58 Å². The number of hydrogen-bond acceptors (Lipinski definition) is 3. The van der Waals surface area contributed by atoms with Gasteiger partial charge in [-0.2, -0.15) is 0 Å². The molecule has 0 fully saturated rings. The van der Waals surface area contributed by atoms with Gasteiger partial charge in [-0.15, -0.1) is 0 Å². The van der Waals surface area contributed by atoms with Crippen molar-refractivity contribution < 1.29 is 17.6 Å². The number of nitrogen functional groups attached to an aromatic ring is 1. The minimum absolute atomic E-state index is 0.101. The van der Waals surface area contributed by atoms with Crippen molar-refractivity contribution in [1.82, 2.24) is 4.98 Å². The second kappa shape index (κ2) is 4.42. The van der Waals surface area contributed by atoms with Crippen LogP contribution in [0.15, 0.2) is 28.7 Å². The quantitative estimate of drug-likeness (QED) is 0.687. The summed E-state index contributed by atoms with van der Waals surface area (Å²) in [7, 11) is 0. The number of halogens is 4. The summed E-state index contributed by atoms with van der Waals surface area (Å²) in [6, 6.07) is 3.99. The van der Waals surface area contributed by atoms with Crippen molar-refractivity contribution in [2.24, 2.45) is 0 Å². The third-order valence-electron chi connectivity index (χ3n) is 2.75. The van der Waals surface area contributed by atoms with Crippen LogP contribution in [0, 0.1) is 17.5 Å². The van der Waals surface area contributed by atoms with Gasteiger partial charge in [0, 0.05) is 12.1 Å². The van der Waals surface area contributed by atoms with Gasteiger partial charge in [-0.25, -0.2) is 18.2 Å². The molecule has 0 saturated heterocycles. The monoisotopic (exact) mass is 298 g/mol. The molecule has 0 amide bonds. The average molecular weight is 299 g/mol. The van der Waals surface area contributed by atoms with Crippen LogP contribution in [0.1, 0.15) is 0 Å². The van der Waals surface area contributed by atoms with Gasteiger partial charge in [-0.1, -0.05) is 11.6 Å². The lowest BCUT2D eigenvalue weighted by molar-refractivity contribution is 0.572. The van der Waals surface area contributed by atoms with Crippen LogP contribution in [0.2, 0.25) is 5.02 Å². The van der Waals surface area contributed by atoms with E-state index in [1.54, 1.807) is 0 Å². The van der Waals surface area contributed by atoms with Gasteiger partial charge in [0.2, 0.25) is 5.89 Å². The largest absolute Gasteiger partial charge is 0.436 e. The van der Waals surface area contributed by atoms with E-state index in [2.05, 4.69) is 4.98 Å². The van der Waals surface area contributed by atoms with E-state index < -0.39 is 17.5 Å². The molecule has 0 atom stereocenters. The SMILES string of the molecule is Nc1cc(-c2nc3cc(Cl)c(F)cc3o2)c(F)cc1F. The van der Waals surface area contributed by atoms with Crippen molar-refractivity contribution in [2.45, 2.75) is 0 Å². The van der Waals surface area contributed by atoms with Crippen molar-refractivity contribution in [3.63, 3.8) is 0 Å². The van der Waals surface area contributed by atoms with E-state index in [9.17, 15) is 13.2 Å². The Hall–Kier alpha value is -2.21. The van der Waals surface area contributed by atoms with E-state index in [0.717, 1.165) is 12.1 Å². The van der Waals surface area contributed by atoms with E-state index in [1.165, 1.54) is 6.07 Å². The van der Waals surface area contributed by atoms with Crippen molar-refractivity contribution >= 4 is 28.4 Å². The molecule has 0 radical (unpaired) electrons. The van der Waals surface area contributed by atoms with Crippen LogP contribution in [0.25, 0.3) is 22.6 Å². The highest BCUT2D eigenvalue weighted by molar-refractivity contribution is 6.31. The Bertz CT molecular complexity index is 793. The first-order chi connectivity index (χ1) is 9.45. The van der Waals surface area contributed by atoms with E-state index in [0.29, 0.717) is 6.07 Å². The molecule has 1 heterocycles. The molecule has 3 rings (SSSR count). The maximum atomic E-state index is 13.7. The Labute approximate surface area is 115 Å². The molecule has 0 aliphatic rings. The average Bonchev–Trinajstić information content (AvgIpc) is 2.77. The minimum Gasteiger partial charge on any atom is -0.436 e. The van der Waals surface area contributed by atoms with Gasteiger partial charge in [0.25, 0.3) is 0 Å². The molecule has 102 valence electrons. The number of rotatable bonds is 1. The van der Waals surface area contributed by atoms with Gasteiger partial charge in [-0.3, -0.25) is 0 Å². The number of benzene rings is 2. The first kappa shape index (κ1) is 12.8. The summed E-state index contributed by atoms with van der Waals surface area (Å²) in [6.45, 7) is 0. The van der Waals surface area contributed by atoms with Crippen LogP contribution in [0.4, 0.5) is 18.9 Å². The molecule has 3 aromatic rings. The molecule has 0 aliphatic heterocycles. The van der Waals surface area contributed by atoms with Crippen molar-refractivity contribution in [1.29, 1.82) is 0 Å². The molecule has 20 heavy (non-hydrogen) atoms. The number of nitrogens with two attached hydrogens (primary N) is 1. The smallest absolute Gasteiger partial charge is 0.230 e. The topological polar surface area (TPSA) is 52.0 Å². The summed E-state index contributed by atoms with van der Waals surface area (Å²) in [6.07, 6.45) is 0. The Morgan fingerprint density at radius 3 is 2.50 bits per heavy atom. The fourth-order valence-electron chi connectivity index (χ4n) is 1.77. The zero-order valence-corrected chi connectivity index (χ0v) is 10.5. The predicted molar refractivity (Wildman–Crippen MR) is 68.7 cm³/mol. The zero-order chi connectivity index (χ0) is 14.4. The molecule has 7 heteroatoms. The second-order valence-electron chi connectivity index (χ2n) is 4.11. The lowest BCUT2D eigenvalue weighted by Gasteiger charge is -2.01. The Kier molecular flexibility index (Phi) is 2.83. The summed E-state index contributed by atoms with van der Waals surface area (Å²) < 4.78 is 45.3. The number of hydrogen-bond donors (Lipinski definition) is 1. The third-order valence-corrected chi connectivity index (χ3v) is 3.04. The second-order valence-corrected chi connectivity index (χ2v) is 4.51. The summed E-state index contributed by atoms with van der Waals surface area (Å²) in [5.41, 5.74) is 5.38. The summed E-state index contributed by atoms with van der Waals surface area (Å²) in [5.74, 6) is -2.57. The molecule has 2 aromatic carbocycles. The number of nitrogens with zero attached hydrogens (tertiary/aromatic N) is 1. The highest BCUT2D eigenvalue weighted by Gasteiger charge is 2.16. The van der Waals surface area contributed by atoms with E-state index in [1.807, 2.05) is 0 Å². The highest BCUT2D eigenvalue weighted by atomic mass is 35.5. The van der Waals surface area contributed by atoms with Gasteiger partial charge >= 0.3 is 0 Å². The molecule has 0 saturated carbocycles. The summed E-state index contributed by atoms with van der Waals surface area (Å²) in [5, 5.41) is -0.128. The fourth-order valence-corrected chi connectivity index (χ4v) is 1.93. The van der Waals surface area contributed by atoms with Crippen LogP contribution < -0.4 is 5.73 Å². The van der Waals surface area contributed by atoms with Gasteiger partial charge in [0.1, 0.15) is 23.0 Å². The van der Waals surface area contributed by atoms with Crippen LogP contribution >= 0.6 is 11.6 Å². The fraction of sp³-hybridized carbons (Fsp3) is 0. The molecule has 0 bridgehead atoms. The maximum absolute atomic E-state index is 13.7.